The van der Waals surface area contributed by atoms with Crippen LogP contribution in [0.5, 0.6) is 0 Å². The number of rotatable bonds is 5. The summed E-state index contributed by atoms with van der Waals surface area (Å²) in [5.74, 6) is 0. The van der Waals surface area contributed by atoms with Gasteiger partial charge in [0.2, 0.25) is 0 Å². The highest BCUT2D eigenvalue weighted by Gasteiger charge is 2.30. The Labute approximate surface area is 122 Å². The van der Waals surface area contributed by atoms with Gasteiger partial charge in [-0.3, -0.25) is 0 Å². The van der Waals surface area contributed by atoms with Crippen molar-refractivity contribution in [2.75, 3.05) is 6.61 Å². The zero-order chi connectivity index (χ0) is 14.0. The van der Waals surface area contributed by atoms with Gasteiger partial charge in [-0.25, -0.2) is 0 Å². The average Bonchev–Trinajstić information content (AvgIpc) is 2.27. The van der Waals surface area contributed by atoms with Gasteiger partial charge in [0, 0.05) is 4.47 Å². The molecule has 3 heteroatoms. The predicted molar refractivity (Wildman–Crippen MR) is 84.6 cm³/mol. The molecule has 0 atom stereocenters. The molecule has 0 amide bonds. The second kappa shape index (κ2) is 5.89. The largest absolute Gasteiger partial charge is 0.371 e. The highest BCUT2D eigenvalue weighted by molar-refractivity contribution is 9.10. The number of halogens is 1. The molecule has 0 spiro atoms. The maximum absolute atomic E-state index is 6.22. The van der Waals surface area contributed by atoms with Crippen LogP contribution in [0.3, 0.4) is 0 Å². The second-order valence-corrected chi connectivity index (χ2v) is 10.4. The summed E-state index contributed by atoms with van der Waals surface area (Å²) in [7, 11) is -0.361. The molecule has 1 nitrogen and oxygen atoms in total. The van der Waals surface area contributed by atoms with Crippen LogP contribution in [0.15, 0.2) is 28.7 Å². The van der Waals surface area contributed by atoms with E-state index >= 15 is 0 Å². The van der Waals surface area contributed by atoms with Crippen molar-refractivity contribution in [1.82, 2.24) is 0 Å². The van der Waals surface area contributed by atoms with Crippen LogP contribution >= 0.6 is 15.9 Å². The van der Waals surface area contributed by atoms with E-state index in [1.807, 2.05) is 6.07 Å². The lowest BCUT2D eigenvalue weighted by Gasteiger charge is -2.34. The predicted octanol–water partition coefficient (Wildman–Crippen LogP) is 5.24. The van der Waals surface area contributed by atoms with Crippen LogP contribution in [0.25, 0.3) is 0 Å². The molecule has 0 saturated carbocycles. The Balaban J connectivity index is 2.81. The molecule has 1 aromatic rings. The van der Waals surface area contributed by atoms with E-state index in [4.69, 9.17) is 4.74 Å². The average molecular weight is 328 g/mol. The van der Waals surface area contributed by atoms with Crippen LogP contribution in [0.4, 0.5) is 0 Å². The molecular formula is C15H24BrOSi. The third-order valence-electron chi connectivity index (χ3n) is 3.67. The molecule has 18 heavy (non-hydrogen) atoms. The molecule has 0 aliphatic heterocycles. The minimum absolute atomic E-state index is 0.255. The summed E-state index contributed by atoms with van der Waals surface area (Å²) in [6.07, 6.45) is 0. The molecule has 1 aromatic carbocycles. The quantitative estimate of drug-likeness (QED) is 0.672. The van der Waals surface area contributed by atoms with Gasteiger partial charge in [-0.15, -0.1) is 0 Å². The van der Waals surface area contributed by atoms with Gasteiger partial charge in [0.1, 0.15) is 0 Å². The van der Waals surface area contributed by atoms with E-state index in [0.717, 1.165) is 11.1 Å². The summed E-state index contributed by atoms with van der Waals surface area (Å²) in [5.41, 5.74) is 0.955. The van der Waals surface area contributed by atoms with E-state index in [2.05, 4.69) is 74.9 Å². The number of benzene rings is 1. The lowest BCUT2D eigenvalue weighted by molar-refractivity contribution is -0.0329. The molecule has 1 rings (SSSR count). The van der Waals surface area contributed by atoms with Gasteiger partial charge < -0.3 is 4.74 Å². The van der Waals surface area contributed by atoms with Gasteiger partial charge in [-0.05, 0) is 30.5 Å². The minimum Gasteiger partial charge on any atom is -0.371 e. The minimum atomic E-state index is -0.361. The van der Waals surface area contributed by atoms with Gasteiger partial charge in [0.15, 0.2) is 0 Å². The summed E-state index contributed by atoms with van der Waals surface area (Å²) < 4.78 is 7.33. The van der Waals surface area contributed by atoms with Crippen molar-refractivity contribution in [3.63, 3.8) is 0 Å². The molecule has 0 bridgehead atoms. The molecule has 0 unspecified atom stereocenters. The Morgan fingerprint density at radius 2 is 1.67 bits per heavy atom. The van der Waals surface area contributed by atoms with Gasteiger partial charge in [0.05, 0.1) is 21.0 Å². The smallest absolute Gasteiger partial charge is 0.0886 e. The van der Waals surface area contributed by atoms with Crippen LogP contribution in [0.1, 0.15) is 33.3 Å². The zero-order valence-electron chi connectivity index (χ0n) is 12.3. The van der Waals surface area contributed by atoms with Gasteiger partial charge in [0.25, 0.3) is 0 Å². The Bertz CT molecular complexity index is 399. The third kappa shape index (κ3) is 3.94. The van der Waals surface area contributed by atoms with Crippen LogP contribution in [-0.4, -0.2) is 15.4 Å². The Kier molecular flexibility index (Phi) is 5.21. The lowest BCUT2D eigenvalue weighted by atomic mass is 9.98. The van der Waals surface area contributed by atoms with E-state index in [1.165, 1.54) is 5.56 Å². The summed E-state index contributed by atoms with van der Waals surface area (Å²) in [6.45, 7) is 14.4. The normalized spacial score (nSPS) is 13.1. The molecule has 0 aliphatic carbocycles. The van der Waals surface area contributed by atoms with Gasteiger partial charge in [-0.1, -0.05) is 61.1 Å². The first kappa shape index (κ1) is 15.9. The molecule has 0 aromatic heterocycles. The maximum atomic E-state index is 6.22. The number of hydrogen-bond acceptors (Lipinski definition) is 1. The first-order valence-corrected chi connectivity index (χ1v) is 9.66. The Morgan fingerprint density at radius 3 is 2.17 bits per heavy atom. The number of ether oxygens (including phenoxy) is 1. The van der Waals surface area contributed by atoms with Gasteiger partial charge in [-0.2, -0.15) is 0 Å². The van der Waals surface area contributed by atoms with E-state index in [9.17, 15) is 0 Å². The summed E-state index contributed by atoms with van der Waals surface area (Å²) in [4.78, 5) is 0. The fraction of sp³-hybridized carbons (Fsp3) is 0.600. The van der Waals surface area contributed by atoms with Crippen LogP contribution in [-0.2, 0) is 10.3 Å². The molecular weight excluding hydrogens is 304 g/mol. The van der Waals surface area contributed by atoms with Crippen molar-refractivity contribution >= 4 is 24.7 Å². The van der Waals surface area contributed by atoms with Crippen LogP contribution in [0, 0.1) is 0 Å². The van der Waals surface area contributed by atoms with E-state index < -0.39 is 0 Å². The lowest BCUT2D eigenvalue weighted by Crippen LogP contribution is -2.32. The van der Waals surface area contributed by atoms with E-state index in [0.29, 0.717) is 5.04 Å². The molecule has 101 valence electrons. The molecule has 0 saturated heterocycles. The van der Waals surface area contributed by atoms with Crippen molar-refractivity contribution in [3.05, 3.63) is 34.3 Å². The fourth-order valence-corrected chi connectivity index (χ4v) is 2.66. The summed E-state index contributed by atoms with van der Waals surface area (Å²) in [6, 6.07) is 8.29. The van der Waals surface area contributed by atoms with Crippen LogP contribution < -0.4 is 0 Å². The first-order valence-electron chi connectivity index (χ1n) is 6.36. The topological polar surface area (TPSA) is 9.23 Å². The first-order chi connectivity index (χ1) is 8.17. The highest BCUT2D eigenvalue weighted by atomic mass is 79.9. The molecule has 0 N–H and O–H groups in total. The number of hydrogen-bond donors (Lipinski definition) is 0. The second-order valence-electron chi connectivity index (χ2n) is 6.16. The third-order valence-corrected chi connectivity index (χ3v) is 7.21. The van der Waals surface area contributed by atoms with Crippen molar-refractivity contribution in [2.45, 2.75) is 51.4 Å². The maximum Gasteiger partial charge on any atom is 0.0886 e. The molecule has 1 radical (unpaired) electrons. The van der Waals surface area contributed by atoms with Crippen LogP contribution in [0.2, 0.25) is 18.1 Å². The fourth-order valence-electron chi connectivity index (χ4n) is 1.53. The van der Waals surface area contributed by atoms with E-state index in [1.54, 1.807) is 0 Å². The standard InChI is InChI=1S/C15H24BrOSi/c1-14(2,18(5)6)11-17-15(3,4)12-9-7-8-10-13(12)16/h7-10H,11H2,1-6H3. The monoisotopic (exact) mass is 327 g/mol. The summed E-state index contributed by atoms with van der Waals surface area (Å²) in [5, 5.41) is 0.295. The van der Waals surface area contributed by atoms with E-state index in [-0.39, 0.29) is 14.4 Å². The van der Waals surface area contributed by atoms with Crippen molar-refractivity contribution in [2.24, 2.45) is 0 Å². The van der Waals surface area contributed by atoms with Crippen molar-refractivity contribution in [3.8, 4) is 0 Å². The zero-order valence-corrected chi connectivity index (χ0v) is 14.9. The highest BCUT2D eigenvalue weighted by Crippen LogP contribution is 2.35. The molecule has 0 aliphatic rings. The SMILES string of the molecule is C[Si](C)C(C)(C)COC(C)(C)c1ccccc1Br. The van der Waals surface area contributed by atoms with Crippen molar-refractivity contribution < 1.29 is 4.74 Å². The van der Waals surface area contributed by atoms with Gasteiger partial charge >= 0.3 is 0 Å². The van der Waals surface area contributed by atoms with Crippen molar-refractivity contribution in [1.29, 1.82) is 0 Å². The summed E-state index contributed by atoms with van der Waals surface area (Å²) >= 11 is 3.61. The Morgan fingerprint density at radius 1 is 1.11 bits per heavy atom. The Hall–Kier alpha value is -0.123. The molecule has 0 heterocycles. The molecule has 0 fully saturated rings.